The Labute approximate surface area is 146 Å². The number of nitrogens with zero attached hydrogens (tertiary/aromatic N) is 1. The Kier molecular flexibility index (Phi) is 7.46. The summed E-state index contributed by atoms with van der Waals surface area (Å²) in [6, 6.07) is 9.85. The molecule has 134 valence electrons. The average molecular weight is 332 g/mol. The molecule has 0 aliphatic rings. The fourth-order valence-electron chi connectivity index (χ4n) is 2.57. The Balaban J connectivity index is 2.59. The van der Waals surface area contributed by atoms with E-state index >= 15 is 0 Å². The normalized spacial score (nSPS) is 12.8. The molecular weight excluding hydrogens is 300 g/mol. The average Bonchev–Trinajstić information content (AvgIpc) is 2.50. The van der Waals surface area contributed by atoms with Gasteiger partial charge in [-0.15, -0.1) is 0 Å². The van der Waals surface area contributed by atoms with Crippen LogP contribution in [0.1, 0.15) is 59.6 Å². The minimum Gasteiger partial charge on any atom is -0.350 e. The molecule has 1 atom stereocenters. The highest BCUT2D eigenvalue weighted by atomic mass is 16.2. The first-order valence-corrected chi connectivity index (χ1v) is 8.75. The van der Waals surface area contributed by atoms with E-state index < -0.39 is 5.41 Å². The van der Waals surface area contributed by atoms with E-state index in [9.17, 15) is 9.59 Å². The molecule has 4 heteroatoms. The van der Waals surface area contributed by atoms with Gasteiger partial charge in [0.2, 0.25) is 11.8 Å². The van der Waals surface area contributed by atoms with Crippen molar-refractivity contribution in [3.05, 3.63) is 35.9 Å². The van der Waals surface area contributed by atoms with Gasteiger partial charge in [0, 0.05) is 24.9 Å². The molecule has 0 bridgehead atoms. The molecule has 0 aliphatic heterocycles. The number of benzene rings is 1. The smallest absolute Gasteiger partial charge is 0.227 e. The van der Waals surface area contributed by atoms with Crippen LogP contribution in [-0.2, 0) is 9.59 Å². The van der Waals surface area contributed by atoms with Gasteiger partial charge in [0.05, 0.1) is 6.04 Å². The summed E-state index contributed by atoms with van der Waals surface area (Å²) in [5, 5.41) is 3.01. The fraction of sp³-hybridized carbons (Fsp3) is 0.600. The van der Waals surface area contributed by atoms with E-state index in [1.807, 2.05) is 62.9 Å². The summed E-state index contributed by atoms with van der Waals surface area (Å²) in [7, 11) is 0. The van der Waals surface area contributed by atoms with Crippen molar-refractivity contribution in [2.24, 2.45) is 11.3 Å². The minimum absolute atomic E-state index is 0.0261. The van der Waals surface area contributed by atoms with Crippen LogP contribution in [0.5, 0.6) is 0 Å². The van der Waals surface area contributed by atoms with Crippen LogP contribution < -0.4 is 5.32 Å². The maximum atomic E-state index is 12.6. The van der Waals surface area contributed by atoms with Gasteiger partial charge in [-0.05, 0) is 18.4 Å². The zero-order valence-corrected chi connectivity index (χ0v) is 15.9. The van der Waals surface area contributed by atoms with Gasteiger partial charge in [0.1, 0.15) is 0 Å². The number of nitrogens with one attached hydrogen (secondary N) is 1. The highest BCUT2D eigenvalue weighted by Crippen LogP contribution is 2.19. The van der Waals surface area contributed by atoms with Crippen molar-refractivity contribution >= 4 is 11.8 Å². The molecule has 1 unspecified atom stereocenters. The van der Waals surface area contributed by atoms with Gasteiger partial charge < -0.3 is 10.2 Å². The molecule has 0 aromatic heterocycles. The minimum atomic E-state index is -0.428. The Hall–Kier alpha value is -1.84. The third-order valence-corrected chi connectivity index (χ3v) is 3.80. The van der Waals surface area contributed by atoms with Crippen LogP contribution in [0.3, 0.4) is 0 Å². The summed E-state index contributed by atoms with van der Waals surface area (Å²) in [6.45, 7) is 13.0. The van der Waals surface area contributed by atoms with Crippen molar-refractivity contribution < 1.29 is 9.59 Å². The van der Waals surface area contributed by atoms with Gasteiger partial charge in [0.25, 0.3) is 0 Å². The van der Waals surface area contributed by atoms with Crippen LogP contribution in [0.25, 0.3) is 0 Å². The number of amides is 2. The molecule has 0 radical (unpaired) electrons. The van der Waals surface area contributed by atoms with E-state index in [4.69, 9.17) is 0 Å². The lowest BCUT2D eigenvalue weighted by atomic mass is 9.94. The number of rotatable bonds is 7. The molecule has 1 N–H and O–H groups in total. The Morgan fingerprint density at radius 3 is 2.17 bits per heavy atom. The van der Waals surface area contributed by atoms with Gasteiger partial charge in [-0.2, -0.15) is 0 Å². The number of hydrogen-bond donors (Lipinski definition) is 1. The lowest BCUT2D eigenvalue weighted by Crippen LogP contribution is -2.43. The van der Waals surface area contributed by atoms with Crippen LogP contribution >= 0.6 is 0 Å². The molecule has 1 rings (SSSR count). The molecule has 0 saturated heterocycles. The number of hydrogen-bond acceptors (Lipinski definition) is 2. The van der Waals surface area contributed by atoms with Crippen molar-refractivity contribution in [2.45, 2.75) is 54.0 Å². The molecule has 2 amide bonds. The second kappa shape index (κ2) is 8.86. The Morgan fingerprint density at radius 1 is 1.08 bits per heavy atom. The molecule has 0 spiro atoms. The first-order chi connectivity index (χ1) is 11.1. The highest BCUT2D eigenvalue weighted by Gasteiger charge is 2.27. The number of carbonyl (C=O) groups is 2. The van der Waals surface area contributed by atoms with Gasteiger partial charge in [-0.3, -0.25) is 9.59 Å². The van der Waals surface area contributed by atoms with Gasteiger partial charge in [0.15, 0.2) is 0 Å². The van der Waals surface area contributed by atoms with E-state index in [1.54, 1.807) is 0 Å². The summed E-state index contributed by atoms with van der Waals surface area (Å²) >= 11 is 0. The van der Waals surface area contributed by atoms with Crippen molar-refractivity contribution in [3.8, 4) is 0 Å². The van der Waals surface area contributed by atoms with Gasteiger partial charge in [-0.25, -0.2) is 0 Å². The largest absolute Gasteiger partial charge is 0.350 e. The monoisotopic (exact) mass is 332 g/mol. The second-order valence-electron chi connectivity index (χ2n) is 7.84. The lowest BCUT2D eigenvalue weighted by Gasteiger charge is -2.31. The highest BCUT2D eigenvalue weighted by molar-refractivity contribution is 5.82. The van der Waals surface area contributed by atoms with Crippen molar-refractivity contribution in [1.82, 2.24) is 10.2 Å². The number of carbonyl (C=O) groups excluding carboxylic acids is 2. The predicted octanol–water partition coefficient (Wildman–Crippen LogP) is 3.78. The molecule has 0 aliphatic carbocycles. The van der Waals surface area contributed by atoms with E-state index in [0.29, 0.717) is 25.4 Å². The molecule has 4 nitrogen and oxygen atoms in total. The fourth-order valence-corrected chi connectivity index (χ4v) is 2.57. The van der Waals surface area contributed by atoms with Crippen molar-refractivity contribution in [1.29, 1.82) is 0 Å². The van der Waals surface area contributed by atoms with Crippen molar-refractivity contribution in [3.63, 3.8) is 0 Å². The maximum absolute atomic E-state index is 12.6. The van der Waals surface area contributed by atoms with E-state index in [0.717, 1.165) is 5.56 Å². The zero-order chi connectivity index (χ0) is 18.3. The molecular formula is C20H32N2O2. The molecule has 0 saturated carbocycles. The van der Waals surface area contributed by atoms with Crippen LogP contribution in [0.2, 0.25) is 0 Å². The molecule has 24 heavy (non-hydrogen) atoms. The first-order valence-electron chi connectivity index (χ1n) is 8.75. The van der Waals surface area contributed by atoms with Crippen LogP contribution in [-0.4, -0.2) is 29.8 Å². The molecule has 0 heterocycles. The lowest BCUT2D eigenvalue weighted by molar-refractivity contribution is -0.140. The zero-order valence-electron chi connectivity index (χ0n) is 15.9. The predicted molar refractivity (Wildman–Crippen MR) is 98.5 cm³/mol. The SMILES string of the molecule is CC(C)CN(CCC(=O)NC(C)c1ccccc1)C(=O)C(C)(C)C. The Bertz CT molecular complexity index is 532. The van der Waals surface area contributed by atoms with E-state index in [1.165, 1.54) is 0 Å². The quantitative estimate of drug-likeness (QED) is 0.826. The molecule has 0 fully saturated rings. The second-order valence-corrected chi connectivity index (χ2v) is 7.84. The van der Waals surface area contributed by atoms with Gasteiger partial charge in [-0.1, -0.05) is 65.0 Å². The van der Waals surface area contributed by atoms with Crippen LogP contribution in [0, 0.1) is 11.3 Å². The summed E-state index contributed by atoms with van der Waals surface area (Å²) in [5.74, 6) is 0.449. The van der Waals surface area contributed by atoms with Crippen LogP contribution in [0.15, 0.2) is 30.3 Å². The van der Waals surface area contributed by atoms with Crippen LogP contribution in [0.4, 0.5) is 0 Å². The first kappa shape index (κ1) is 20.2. The summed E-state index contributed by atoms with van der Waals surface area (Å²) in [6.07, 6.45) is 0.325. The maximum Gasteiger partial charge on any atom is 0.227 e. The third kappa shape index (κ3) is 6.73. The molecule has 1 aromatic carbocycles. The van der Waals surface area contributed by atoms with E-state index in [2.05, 4.69) is 19.2 Å². The molecule has 1 aromatic rings. The summed E-state index contributed by atoms with van der Waals surface area (Å²) < 4.78 is 0. The standard InChI is InChI=1S/C20H32N2O2/c1-15(2)14-22(19(24)20(4,5)6)13-12-18(23)21-16(3)17-10-8-7-9-11-17/h7-11,15-16H,12-14H2,1-6H3,(H,21,23). The Morgan fingerprint density at radius 2 is 1.67 bits per heavy atom. The van der Waals surface area contributed by atoms with E-state index in [-0.39, 0.29) is 17.9 Å². The summed E-state index contributed by atoms with van der Waals surface area (Å²) in [4.78, 5) is 26.6. The topological polar surface area (TPSA) is 49.4 Å². The third-order valence-electron chi connectivity index (χ3n) is 3.80. The van der Waals surface area contributed by atoms with Crippen molar-refractivity contribution in [2.75, 3.05) is 13.1 Å². The summed E-state index contributed by atoms with van der Waals surface area (Å²) in [5.41, 5.74) is 0.651. The van der Waals surface area contributed by atoms with Gasteiger partial charge >= 0.3 is 0 Å².